The van der Waals surface area contributed by atoms with Crippen LogP contribution in [0.15, 0.2) is 4.52 Å². The molecule has 1 rings (SSSR count). The standard InChI is InChI=1S/C10H19N3O2/c1-9-12-10(13-15-9)8-11-6-4-3-5-7-14-2/h11H,3-8H2,1-2H3. The maximum atomic E-state index is 4.97. The number of rotatable bonds is 8. The Morgan fingerprint density at radius 2 is 2.20 bits per heavy atom. The lowest BCUT2D eigenvalue weighted by molar-refractivity contribution is 0.192. The van der Waals surface area contributed by atoms with Crippen molar-refractivity contribution >= 4 is 0 Å². The van der Waals surface area contributed by atoms with E-state index in [0.717, 1.165) is 31.8 Å². The van der Waals surface area contributed by atoms with Gasteiger partial charge in [-0.15, -0.1) is 0 Å². The van der Waals surface area contributed by atoms with Crippen molar-refractivity contribution in [2.75, 3.05) is 20.3 Å². The second-order valence-corrected chi connectivity index (χ2v) is 3.46. The summed E-state index contributed by atoms with van der Waals surface area (Å²) in [5.74, 6) is 1.34. The van der Waals surface area contributed by atoms with Crippen molar-refractivity contribution in [2.24, 2.45) is 0 Å². The minimum Gasteiger partial charge on any atom is -0.385 e. The molecule has 0 amide bonds. The maximum Gasteiger partial charge on any atom is 0.223 e. The highest BCUT2D eigenvalue weighted by molar-refractivity contribution is 4.82. The average Bonchev–Trinajstić information content (AvgIpc) is 2.63. The van der Waals surface area contributed by atoms with Crippen LogP contribution in [-0.2, 0) is 11.3 Å². The molecule has 15 heavy (non-hydrogen) atoms. The molecule has 0 atom stereocenters. The van der Waals surface area contributed by atoms with Gasteiger partial charge in [0.2, 0.25) is 5.89 Å². The number of aromatic nitrogens is 2. The number of methoxy groups -OCH3 is 1. The zero-order valence-corrected chi connectivity index (χ0v) is 9.45. The van der Waals surface area contributed by atoms with Crippen LogP contribution in [0.3, 0.4) is 0 Å². The van der Waals surface area contributed by atoms with Crippen LogP contribution in [0.1, 0.15) is 31.0 Å². The van der Waals surface area contributed by atoms with Gasteiger partial charge in [0.1, 0.15) is 0 Å². The number of hydrogen-bond acceptors (Lipinski definition) is 5. The van der Waals surface area contributed by atoms with E-state index in [1.807, 2.05) is 0 Å². The predicted molar refractivity (Wildman–Crippen MR) is 56.5 cm³/mol. The molecule has 0 aliphatic carbocycles. The van der Waals surface area contributed by atoms with E-state index in [-0.39, 0.29) is 0 Å². The monoisotopic (exact) mass is 213 g/mol. The summed E-state index contributed by atoms with van der Waals surface area (Å²) in [6, 6.07) is 0. The molecule has 0 bridgehead atoms. The van der Waals surface area contributed by atoms with Crippen LogP contribution in [0, 0.1) is 6.92 Å². The first-order chi connectivity index (χ1) is 7.33. The first kappa shape index (κ1) is 12.1. The Hall–Kier alpha value is -0.940. The zero-order valence-electron chi connectivity index (χ0n) is 9.45. The van der Waals surface area contributed by atoms with Gasteiger partial charge in [-0.05, 0) is 25.8 Å². The van der Waals surface area contributed by atoms with E-state index in [1.54, 1.807) is 14.0 Å². The number of hydrogen-bond donors (Lipinski definition) is 1. The van der Waals surface area contributed by atoms with Crippen molar-refractivity contribution in [3.63, 3.8) is 0 Å². The second-order valence-electron chi connectivity index (χ2n) is 3.46. The van der Waals surface area contributed by atoms with Crippen LogP contribution in [0.25, 0.3) is 0 Å². The van der Waals surface area contributed by atoms with E-state index in [1.165, 1.54) is 6.42 Å². The highest BCUT2D eigenvalue weighted by atomic mass is 16.5. The molecule has 0 aliphatic rings. The Labute approximate surface area is 90.2 Å². The van der Waals surface area contributed by atoms with E-state index in [0.29, 0.717) is 12.4 Å². The lowest BCUT2D eigenvalue weighted by atomic mass is 10.2. The topological polar surface area (TPSA) is 60.2 Å². The summed E-state index contributed by atoms with van der Waals surface area (Å²) in [7, 11) is 1.73. The van der Waals surface area contributed by atoms with Gasteiger partial charge in [-0.25, -0.2) is 0 Å². The lowest BCUT2D eigenvalue weighted by Crippen LogP contribution is -2.15. The van der Waals surface area contributed by atoms with E-state index in [4.69, 9.17) is 9.26 Å². The first-order valence-corrected chi connectivity index (χ1v) is 5.32. The summed E-state index contributed by atoms with van der Waals surface area (Å²) in [5.41, 5.74) is 0. The van der Waals surface area contributed by atoms with Gasteiger partial charge in [-0.2, -0.15) is 4.98 Å². The van der Waals surface area contributed by atoms with Gasteiger partial charge in [0.05, 0.1) is 6.54 Å². The van der Waals surface area contributed by atoms with Crippen molar-refractivity contribution in [3.05, 3.63) is 11.7 Å². The molecule has 0 saturated heterocycles. The molecule has 5 heteroatoms. The maximum absolute atomic E-state index is 4.97. The van der Waals surface area contributed by atoms with Crippen LogP contribution in [0.5, 0.6) is 0 Å². The first-order valence-electron chi connectivity index (χ1n) is 5.32. The SMILES string of the molecule is COCCCCCNCc1noc(C)n1. The van der Waals surface area contributed by atoms with E-state index >= 15 is 0 Å². The summed E-state index contributed by atoms with van der Waals surface area (Å²) in [5, 5.41) is 7.06. The molecule has 0 spiro atoms. The van der Waals surface area contributed by atoms with Crippen LogP contribution in [0.2, 0.25) is 0 Å². The predicted octanol–water partition coefficient (Wildman–Crippen LogP) is 1.28. The summed E-state index contributed by atoms with van der Waals surface area (Å²) in [6.45, 7) is 4.31. The van der Waals surface area contributed by atoms with Gasteiger partial charge in [-0.1, -0.05) is 5.16 Å². The van der Waals surface area contributed by atoms with Crippen LogP contribution in [0.4, 0.5) is 0 Å². The molecular weight excluding hydrogens is 194 g/mol. The van der Waals surface area contributed by atoms with Crippen LogP contribution < -0.4 is 5.32 Å². The number of unbranched alkanes of at least 4 members (excludes halogenated alkanes) is 2. The van der Waals surface area contributed by atoms with Gasteiger partial charge in [0, 0.05) is 20.6 Å². The number of nitrogens with zero attached hydrogens (tertiary/aromatic N) is 2. The summed E-state index contributed by atoms with van der Waals surface area (Å²) in [4.78, 5) is 4.10. The smallest absolute Gasteiger partial charge is 0.223 e. The molecule has 0 unspecified atom stereocenters. The number of nitrogens with one attached hydrogen (secondary N) is 1. The van der Waals surface area contributed by atoms with Crippen molar-refractivity contribution in [3.8, 4) is 0 Å². The number of aryl methyl sites for hydroxylation is 1. The molecule has 86 valence electrons. The minimum absolute atomic E-state index is 0.617. The van der Waals surface area contributed by atoms with E-state index in [2.05, 4.69) is 15.5 Å². The Morgan fingerprint density at radius 1 is 1.33 bits per heavy atom. The third-order valence-corrected chi connectivity index (χ3v) is 2.05. The zero-order chi connectivity index (χ0) is 10.9. The molecule has 0 aliphatic heterocycles. The van der Waals surface area contributed by atoms with Gasteiger partial charge >= 0.3 is 0 Å². The second kappa shape index (κ2) is 7.36. The fourth-order valence-electron chi connectivity index (χ4n) is 1.29. The van der Waals surface area contributed by atoms with Gasteiger partial charge in [0.25, 0.3) is 0 Å². The molecule has 1 aromatic heterocycles. The van der Waals surface area contributed by atoms with Crippen molar-refractivity contribution < 1.29 is 9.26 Å². The average molecular weight is 213 g/mol. The van der Waals surface area contributed by atoms with Gasteiger partial charge < -0.3 is 14.6 Å². The van der Waals surface area contributed by atoms with Crippen molar-refractivity contribution in [1.82, 2.24) is 15.5 Å². The Morgan fingerprint density at radius 3 is 2.87 bits per heavy atom. The molecule has 5 nitrogen and oxygen atoms in total. The van der Waals surface area contributed by atoms with Crippen molar-refractivity contribution in [1.29, 1.82) is 0 Å². The van der Waals surface area contributed by atoms with Gasteiger partial charge in [-0.3, -0.25) is 0 Å². The minimum atomic E-state index is 0.617. The summed E-state index contributed by atoms with van der Waals surface area (Å²) >= 11 is 0. The third-order valence-electron chi connectivity index (χ3n) is 2.05. The van der Waals surface area contributed by atoms with Crippen LogP contribution in [-0.4, -0.2) is 30.4 Å². The quantitative estimate of drug-likeness (QED) is 0.659. The third kappa shape index (κ3) is 5.49. The van der Waals surface area contributed by atoms with Crippen LogP contribution >= 0.6 is 0 Å². The van der Waals surface area contributed by atoms with Crippen molar-refractivity contribution in [2.45, 2.75) is 32.7 Å². The largest absolute Gasteiger partial charge is 0.385 e. The molecular formula is C10H19N3O2. The highest BCUT2D eigenvalue weighted by Crippen LogP contribution is 1.96. The van der Waals surface area contributed by atoms with E-state index < -0.39 is 0 Å². The Bertz CT molecular complexity index is 263. The molecule has 0 fully saturated rings. The lowest BCUT2D eigenvalue weighted by Gasteiger charge is -2.01. The summed E-state index contributed by atoms with van der Waals surface area (Å²) in [6.07, 6.45) is 3.46. The molecule has 1 heterocycles. The molecule has 0 saturated carbocycles. The Kier molecular flexibility index (Phi) is 5.96. The molecule has 1 aromatic rings. The van der Waals surface area contributed by atoms with Gasteiger partial charge in [0.15, 0.2) is 5.82 Å². The van der Waals surface area contributed by atoms with E-state index in [9.17, 15) is 0 Å². The highest BCUT2D eigenvalue weighted by Gasteiger charge is 2.00. The normalized spacial score (nSPS) is 10.8. The fraction of sp³-hybridized carbons (Fsp3) is 0.800. The summed E-state index contributed by atoms with van der Waals surface area (Å²) < 4.78 is 9.82. The fourth-order valence-corrected chi connectivity index (χ4v) is 1.29. The number of ether oxygens (including phenoxy) is 1. The molecule has 1 N–H and O–H groups in total. The molecule has 0 aromatic carbocycles. The Balaban J connectivity index is 1.93. The molecule has 0 radical (unpaired) electrons.